The van der Waals surface area contributed by atoms with Crippen molar-refractivity contribution in [3.05, 3.63) is 35.6 Å². The zero-order chi connectivity index (χ0) is 15.2. The topological polar surface area (TPSA) is 23.6 Å². The molecule has 0 N–H and O–H groups in total. The van der Waals surface area contributed by atoms with Gasteiger partial charge in [-0.2, -0.15) is 0 Å². The molecule has 1 aromatic rings. The molecule has 1 aliphatic rings. The molecule has 3 nitrogen and oxygen atoms in total. The molecule has 4 heteroatoms. The first-order chi connectivity index (χ1) is 10.1. The lowest BCUT2D eigenvalue weighted by Gasteiger charge is -2.23. The molecule has 0 aromatic heterocycles. The molecule has 0 spiro atoms. The molecule has 1 fully saturated rings. The first kappa shape index (κ1) is 16.0. The highest BCUT2D eigenvalue weighted by atomic mass is 19.1. The van der Waals surface area contributed by atoms with Crippen LogP contribution in [0.25, 0.3) is 0 Å². The summed E-state index contributed by atoms with van der Waals surface area (Å²) in [5.41, 5.74) is 1.02. The third-order valence-corrected chi connectivity index (χ3v) is 4.31. The number of halogens is 1. The predicted molar refractivity (Wildman–Crippen MR) is 82.7 cm³/mol. The predicted octanol–water partition coefficient (Wildman–Crippen LogP) is 2.87. The van der Waals surface area contributed by atoms with Gasteiger partial charge in [-0.25, -0.2) is 4.39 Å². The molecule has 1 aliphatic heterocycles. The van der Waals surface area contributed by atoms with Gasteiger partial charge >= 0.3 is 0 Å². The van der Waals surface area contributed by atoms with E-state index in [9.17, 15) is 9.18 Å². The van der Waals surface area contributed by atoms with Crippen LogP contribution in [0.4, 0.5) is 4.39 Å². The fourth-order valence-corrected chi connectivity index (χ4v) is 2.84. The van der Waals surface area contributed by atoms with Crippen LogP contribution in [-0.4, -0.2) is 48.4 Å². The van der Waals surface area contributed by atoms with Crippen LogP contribution in [0.5, 0.6) is 0 Å². The van der Waals surface area contributed by atoms with E-state index in [0.29, 0.717) is 6.42 Å². The standard InChI is InChI=1S/C17H25FN2O/c1-3-19-9-4-10-20(12-11-19)17(21)13-14(2)15-5-7-16(18)8-6-15/h5-8,14H,3-4,9-13H2,1-2H3. The summed E-state index contributed by atoms with van der Waals surface area (Å²) >= 11 is 0. The Balaban J connectivity index is 1.89. The maximum absolute atomic E-state index is 12.9. The zero-order valence-corrected chi connectivity index (χ0v) is 13.0. The Morgan fingerprint density at radius 2 is 1.90 bits per heavy atom. The number of likely N-dealkylation sites (N-methyl/N-ethyl adjacent to an activating group) is 1. The molecule has 21 heavy (non-hydrogen) atoms. The number of carbonyl (C=O) groups excluding carboxylic acids is 1. The fraction of sp³-hybridized carbons (Fsp3) is 0.588. The van der Waals surface area contributed by atoms with Gasteiger partial charge in [0, 0.05) is 26.1 Å². The smallest absolute Gasteiger partial charge is 0.223 e. The highest BCUT2D eigenvalue weighted by molar-refractivity contribution is 5.77. The molecule has 0 radical (unpaired) electrons. The van der Waals surface area contributed by atoms with E-state index in [1.54, 1.807) is 12.1 Å². The summed E-state index contributed by atoms with van der Waals surface area (Å²) in [7, 11) is 0. The van der Waals surface area contributed by atoms with Gasteiger partial charge in [-0.15, -0.1) is 0 Å². The van der Waals surface area contributed by atoms with Gasteiger partial charge in [0.2, 0.25) is 5.91 Å². The number of hydrogen-bond acceptors (Lipinski definition) is 2. The lowest BCUT2D eigenvalue weighted by molar-refractivity contribution is -0.131. The second-order valence-electron chi connectivity index (χ2n) is 5.83. The maximum Gasteiger partial charge on any atom is 0.223 e. The fourth-order valence-electron chi connectivity index (χ4n) is 2.84. The van der Waals surface area contributed by atoms with Gasteiger partial charge in [0.25, 0.3) is 0 Å². The van der Waals surface area contributed by atoms with Crippen molar-refractivity contribution in [2.24, 2.45) is 0 Å². The number of carbonyl (C=O) groups is 1. The van der Waals surface area contributed by atoms with Crippen LogP contribution in [0, 0.1) is 5.82 Å². The Morgan fingerprint density at radius 3 is 2.57 bits per heavy atom. The van der Waals surface area contributed by atoms with Gasteiger partial charge in [0.1, 0.15) is 5.82 Å². The zero-order valence-electron chi connectivity index (χ0n) is 13.0. The van der Waals surface area contributed by atoms with Crippen molar-refractivity contribution in [3.63, 3.8) is 0 Å². The van der Waals surface area contributed by atoms with E-state index >= 15 is 0 Å². The van der Waals surface area contributed by atoms with Crippen molar-refractivity contribution in [1.82, 2.24) is 9.80 Å². The van der Waals surface area contributed by atoms with E-state index in [2.05, 4.69) is 11.8 Å². The number of hydrogen-bond donors (Lipinski definition) is 0. The minimum Gasteiger partial charge on any atom is -0.341 e. The molecule has 116 valence electrons. The summed E-state index contributed by atoms with van der Waals surface area (Å²) in [6.07, 6.45) is 1.54. The molecule has 0 bridgehead atoms. The van der Waals surface area contributed by atoms with E-state index in [1.807, 2.05) is 11.8 Å². The summed E-state index contributed by atoms with van der Waals surface area (Å²) in [6.45, 7) is 8.96. The molecule has 1 heterocycles. The van der Waals surface area contributed by atoms with Crippen LogP contribution in [0.3, 0.4) is 0 Å². The van der Waals surface area contributed by atoms with Gasteiger partial charge < -0.3 is 9.80 Å². The third-order valence-electron chi connectivity index (χ3n) is 4.31. The minimum absolute atomic E-state index is 0.128. The van der Waals surface area contributed by atoms with Crippen LogP contribution < -0.4 is 0 Å². The van der Waals surface area contributed by atoms with Crippen LogP contribution in [0.2, 0.25) is 0 Å². The monoisotopic (exact) mass is 292 g/mol. The van der Waals surface area contributed by atoms with Crippen molar-refractivity contribution in [1.29, 1.82) is 0 Å². The van der Waals surface area contributed by atoms with E-state index < -0.39 is 0 Å². The average molecular weight is 292 g/mol. The Morgan fingerprint density at radius 1 is 1.19 bits per heavy atom. The number of amides is 1. The Hall–Kier alpha value is -1.42. The van der Waals surface area contributed by atoms with Crippen LogP contribution in [-0.2, 0) is 4.79 Å². The highest BCUT2D eigenvalue weighted by Crippen LogP contribution is 2.20. The van der Waals surface area contributed by atoms with E-state index in [-0.39, 0.29) is 17.6 Å². The summed E-state index contributed by atoms with van der Waals surface area (Å²) in [6, 6.07) is 6.46. The van der Waals surface area contributed by atoms with E-state index in [0.717, 1.165) is 44.7 Å². The molecule has 2 rings (SSSR count). The second-order valence-corrected chi connectivity index (χ2v) is 5.83. The highest BCUT2D eigenvalue weighted by Gasteiger charge is 2.20. The van der Waals surface area contributed by atoms with Crippen molar-refractivity contribution >= 4 is 5.91 Å². The van der Waals surface area contributed by atoms with Gasteiger partial charge in [-0.05, 0) is 43.1 Å². The van der Waals surface area contributed by atoms with Gasteiger partial charge in [0.15, 0.2) is 0 Å². The molecule has 1 atom stereocenters. The number of benzene rings is 1. The normalized spacial score (nSPS) is 18.3. The van der Waals surface area contributed by atoms with Crippen molar-refractivity contribution in [2.75, 3.05) is 32.7 Å². The largest absolute Gasteiger partial charge is 0.341 e. The molecule has 1 unspecified atom stereocenters. The molecule has 1 amide bonds. The average Bonchev–Trinajstić information content (AvgIpc) is 2.73. The quantitative estimate of drug-likeness (QED) is 0.852. The minimum atomic E-state index is -0.232. The molecule has 1 aromatic carbocycles. The summed E-state index contributed by atoms with van der Waals surface area (Å²) in [4.78, 5) is 16.8. The number of nitrogens with zero attached hydrogens (tertiary/aromatic N) is 2. The van der Waals surface area contributed by atoms with Crippen molar-refractivity contribution < 1.29 is 9.18 Å². The summed E-state index contributed by atoms with van der Waals surface area (Å²) in [5, 5.41) is 0. The SMILES string of the molecule is CCN1CCCN(C(=O)CC(C)c2ccc(F)cc2)CC1. The molecule has 0 saturated carbocycles. The lowest BCUT2D eigenvalue weighted by atomic mass is 9.97. The molecular weight excluding hydrogens is 267 g/mol. The maximum atomic E-state index is 12.9. The van der Waals surface area contributed by atoms with Crippen LogP contribution >= 0.6 is 0 Å². The van der Waals surface area contributed by atoms with Crippen LogP contribution in [0.1, 0.15) is 38.2 Å². The van der Waals surface area contributed by atoms with E-state index in [1.165, 1.54) is 12.1 Å². The van der Waals surface area contributed by atoms with Gasteiger partial charge in [-0.1, -0.05) is 26.0 Å². The lowest BCUT2D eigenvalue weighted by Crippen LogP contribution is -2.35. The van der Waals surface area contributed by atoms with Gasteiger partial charge in [0.05, 0.1) is 0 Å². The molecule has 0 aliphatic carbocycles. The Kier molecular flexibility index (Phi) is 5.74. The Bertz CT molecular complexity index is 460. The molecule has 1 saturated heterocycles. The number of rotatable bonds is 4. The second kappa shape index (κ2) is 7.55. The van der Waals surface area contributed by atoms with Crippen molar-refractivity contribution in [3.8, 4) is 0 Å². The third kappa shape index (κ3) is 4.53. The summed E-state index contributed by atoms with van der Waals surface area (Å²) < 4.78 is 12.9. The van der Waals surface area contributed by atoms with Crippen LogP contribution in [0.15, 0.2) is 24.3 Å². The molecular formula is C17H25FN2O. The van der Waals surface area contributed by atoms with Crippen molar-refractivity contribution in [2.45, 2.75) is 32.6 Å². The van der Waals surface area contributed by atoms with E-state index in [4.69, 9.17) is 0 Å². The Labute approximate surface area is 126 Å². The first-order valence-electron chi connectivity index (χ1n) is 7.85. The van der Waals surface area contributed by atoms with Gasteiger partial charge in [-0.3, -0.25) is 4.79 Å². The first-order valence-corrected chi connectivity index (χ1v) is 7.85. The summed E-state index contributed by atoms with van der Waals surface area (Å²) in [5.74, 6) is 0.109.